The van der Waals surface area contributed by atoms with Gasteiger partial charge in [-0.05, 0) is 31.2 Å². The Hall–Kier alpha value is -2.64. The van der Waals surface area contributed by atoms with Crippen LogP contribution in [0.25, 0.3) is 0 Å². The van der Waals surface area contributed by atoms with Crippen LogP contribution in [-0.2, 0) is 14.3 Å². The summed E-state index contributed by atoms with van der Waals surface area (Å²) in [5.74, 6) is -1.45. The first-order valence-electron chi connectivity index (χ1n) is 7.43. The van der Waals surface area contributed by atoms with Crippen LogP contribution in [-0.4, -0.2) is 29.4 Å². The average molecular weight is 396 g/mol. The molecule has 2 amide bonds. The van der Waals surface area contributed by atoms with Crippen LogP contribution in [0.1, 0.15) is 23.0 Å². The third-order valence-corrected chi connectivity index (χ3v) is 3.79. The first kappa shape index (κ1) is 19.7. The quantitative estimate of drug-likeness (QED) is 0.755. The van der Waals surface area contributed by atoms with Crippen LogP contribution in [0.2, 0.25) is 10.0 Å². The first-order valence-corrected chi connectivity index (χ1v) is 8.19. The number of amides is 2. The number of hydrogen-bond acceptors (Lipinski definition) is 5. The highest BCUT2D eigenvalue weighted by molar-refractivity contribution is 6.36. The average Bonchev–Trinajstić information content (AvgIpc) is 2.57. The number of pyridine rings is 1. The third-order valence-electron chi connectivity index (χ3n) is 3.12. The van der Waals surface area contributed by atoms with E-state index in [0.29, 0.717) is 16.4 Å². The predicted molar refractivity (Wildman–Crippen MR) is 98.7 cm³/mol. The first-order chi connectivity index (χ1) is 12.3. The molecule has 0 spiro atoms. The lowest BCUT2D eigenvalue weighted by atomic mass is 10.2. The van der Waals surface area contributed by atoms with Crippen molar-refractivity contribution in [2.24, 2.45) is 0 Å². The van der Waals surface area contributed by atoms with Gasteiger partial charge < -0.3 is 15.4 Å². The van der Waals surface area contributed by atoms with Crippen molar-refractivity contribution >= 4 is 52.5 Å². The molecule has 0 aliphatic rings. The molecule has 2 N–H and O–H groups in total. The minimum Gasteiger partial charge on any atom is -0.452 e. The number of carbonyl (C=O) groups excluding carboxylic acids is 3. The second-order valence-electron chi connectivity index (χ2n) is 5.27. The molecule has 0 aliphatic carbocycles. The van der Waals surface area contributed by atoms with Crippen molar-refractivity contribution in [1.29, 1.82) is 0 Å². The summed E-state index contributed by atoms with van der Waals surface area (Å²) in [5, 5.41) is 5.54. The molecule has 1 aromatic carbocycles. The molecule has 26 heavy (non-hydrogen) atoms. The summed E-state index contributed by atoms with van der Waals surface area (Å²) in [7, 11) is 0. The molecule has 2 aromatic rings. The lowest BCUT2D eigenvalue weighted by Gasteiger charge is -2.09. The van der Waals surface area contributed by atoms with Crippen molar-refractivity contribution < 1.29 is 19.1 Å². The number of esters is 1. The van der Waals surface area contributed by atoms with Crippen molar-refractivity contribution in [2.45, 2.75) is 13.8 Å². The van der Waals surface area contributed by atoms with Gasteiger partial charge in [0.1, 0.15) is 0 Å². The zero-order chi connectivity index (χ0) is 19.3. The second-order valence-corrected chi connectivity index (χ2v) is 6.09. The van der Waals surface area contributed by atoms with Crippen LogP contribution in [0, 0.1) is 6.92 Å². The van der Waals surface area contributed by atoms with E-state index in [0.717, 1.165) is 0 Å². The number of aryl methyl sites for hydroxylation is 1. The van der Waals surface area contributed by atoms with Crippen molar-refractivity contribution in [3.8, 4) is 0 Å². The number of anilines is 2. The summed E-state index contributed by atoms with van der Waals surface area (Å²) >= 11 is 11.8. The summed E-state index contributed by atoms with van der Waals surface area (Å²) in [6.07, 6.45) is 0. The van der Waals surface area contributed by atoms with E-state index in [1.165, 1.54) is 25.1 Å². The zero-order valence-corrected chi connectivity index (χ0v) is 15.4. The number of rotatable bonds is 5. The Balaban J connectivity index is 1.96. The molecule has 136 valence electrons. The lowest BCUT2D eigenvalue weighted by Crippen LogP contribution is -2.22. The number of benzene rings is 1. The fraction of sp³-hybridized carbons (Fsp3) is 0.176. The number of nitrogens with zero attached hydrogens (tertiary/aromatic N) is 1. The minimum absolute atomic E-state index is 0.127. The fourth-order valence-corrected chi connectivity index (χ4v) is 2.36. The Kier molecular flexibility index (Phi) is 6.54. The highest BCUT2D eigenvalue weighted by Gasteiger charge is 2.14. The maximum absolute atomic E-state index is 12.0. The van der Waals surface area contributed by atoms with E-state index < -0.39 is 18.5 Å². The van der Waals surface area contributed by atoms with Crippen LogP contribution in [0.4, 0.5) is 11.5 Å². The molecular weight excluding hydrogens is 381 g/mol. The second kappa shape index (κ2) is 8.64. The summed E-state index contributed by atoms with van der Waals surface area (Å²) < 4.78 is 4.96. The maximum Gasteiger partial charge on any atom is 0.338 e. The molecule has 1 heterocycles. The smallest absolute Gasteiger partial charge is 0.338 e. The van der Waals surface area contributed by atoms with Gasteiger partial charge in [-0.3, -0.25) is 9.59 Å². The minimum atomic E-state index is -0.710. The van der Waals surface area contributed by atoms with Crippen molar-refractivity contribution in [3.63, 3.8) is 0 Å². The van der Waals surface area contributed by atoms with Crippen LogP contribution < -0.4 is 10.6 Å². The van der Waals surface area contributed by atoms with Gasteiger partial charge in [-0.25, -0.2) is 9.78 Å². The van der Waals surface area contributed by atoms with Gasteiger partial charge in [-0.15, -0.1) is 0 Å². The van der Waals surface area contributed by atoms with E-state index in [-0.39, 0.29) is 22.3 Å². The van der Waals surface area contributed by atoms with E-state index in [1.807, 2.05) is 0 Å². The molecule has 1 aromatic heterocycles. The number of nitrogens with one attached hydrogen (secondary N) is 2. The Bertz CT molecular complexity index is 871. The molecule has 0 saturated heterocycles. The van der Waals surface area contributed by atoms with Crippen LogP contribution >= 0.6 is 23.2 Å². The van der Waals surface area contributed by atoms with E-state index in [9.17, 15) is 14.4 Å². The van der Waals surface area contributed by atoms with Crippen LogP contribution in [0.15, 0.2) is 30.3 Å². The highest BCUT2D eigenvalue weighted by atomic mass is 35.5. The molecule has 0 bridgehead atoms. The maximum atomic E-state index is 12.0. The molecule has 0 aliphatic heterocycles. The molecule has 0 radical (unpaired) electrons. The van der Waals surface area contributed by atoms with E-state index in [4.69, 9.17) is 27.9 Å². The van der Waals surface area contributed by atoms with E-state index in [1.54, 1.807) is 19.1 Å². The third kappa shape index (κ3) is 5.44. The van der Waals surface area contributed by atoms with Crippen LogP contribution in [0.5, 0.6) is 0 Å². The number of hydrogen-bond donors (Lipinski definition) is 2. The Morgan fingerprint density at radius 2 is 1.85 bits per heavy atom. The van der Waals surface area contributed by atoms with Crippen molar-refractivity contribution in [2.75, 3.05) is 17.2 Å². The van der Waals surface area contributed by atoms with Crippen molar-refractivity contribution in [3.05, 3.63) is 51.6 Å². The van der Waals surface area contributed by atoms with Gasteiger partial charge >= 0.3 is 5.97 Å². The van der Waals surface area contributed by atoms with Gasteiger partial charge in [0.05, 0.1) is 21.3 Å². The zero-order valence-electron chi connectivity index (χ0n) is 13.9. The Morgan fingerprint density at radius 1 is 1.12 bits per heavy atom. The molecule has 2 rings (SSSR count). The summed E-state index contributed by atoms with van der Waals surface area (Å²) in [5.41, 5.74) is 1.14. The molecular formula is C17H15Cl2N3O4. The Labute approximate surface area is 159 Å². The van der Waals surface area contributed by atoms with Crippen LogP contribution in [0.3, 0.4) is 0 Å². The molecule has 0 fully saturated rings. The number of aromatic nitrogens is 1. The molecule has 9 heteroatoms. The monoisotopic (exact) mass is 395 g/mol. The van der Waals surface area contributed by atoms with Gasteiger partial charge in [0.25, 0.3) is 5.91 Å². The van der Waals surface area contributed by atoms with Gasteiger partial charge in [-0.1, -0.05) is 29.3 Å². The normalized spacial score (nSPS) is 10.2. The summed E-state index contributed by atoms with van der Waals surface area (Å²) in [4.78, 5) is 39.1. The van der Waals surface area contributed by atoms with Gasteiger partial charge in [0.2, 0.25) is 5.91 Å². The standard InChI is InChI=1S/C17H15Cl2N3O4/c1-9-13(18)7-14(19)16(20-9)22-15(24)8-26-17(25)11-4-3-5-12(6-11)21-10(2)23/h3-7H,8H2,1-2H3,(H,21,23)(H,20,22,24). The molecule has 0 unspecified atom stereocenters. The van der Waals surface area contributed by atoms with Gasteiger partial charge in [0, 0.05) is 12.6 Å². The fourth-order valence-electron chi connectivity index (χ4n) is 1.96. The van der Waals surface area contributed by atoms with Gasteiger partial charge in [0.15, 0.2) is 12.4 Å². The molecule has 0 saturated carbocycles. The number of carbonyl (C=O) groups is 3. The van der Waals surface area contributed by atoms with Gasteiger partial charge in [-0.2, -0.15) is 0 Å². The van der Waals surface area contributed by atoms with E-state index in [2.05, 4.69) is 15.6 Å². The Morgan fingerprint density at radius 3 is 2.54 bits per heavy atom. The highest BCUT2D eigenvalue weighted by Crippen LogP contribution is 2.25. The summed E-state index contributed by atoms with van der Waals surface area (Å²) in [6.45, 7) is 2.49. The largest absolute Gasteiger partial charge is 0.452 e. The topological polar surface area (TPSA) is 97.4 Å². The number of ether oxygens (including phenoxy) is 1. The molecule has 0 atom stereocenters. The van der Waals surface area contributed by atoms with E-state index >= 15 is 0 Å². The number of halogens is 2. The lowest BCUT2D eigenvalue weighted by molar-refractivity contribution is -0.119. The van der Waals surface area contributed by atoms with Crippen molar-refractivity contribution in [1.82, 2.24) is 4.98 Å². The molecule has 7 nitrogen and oxygen atoms in total. The SMILES string of the molecule is CC(=O)Nc1cccc(C(=O)OCC(=O)Nc2nc(C)c(Cl)cc2Cl)c1. The predicted octanol–water partition coefficient (Wildman–Crippen LogP) is 3.45. The summed E-state index contributed by atoms with van der Waals surface area (Å²) in [6, 6.07) is 7.62.